The minimum atomic E-state index is -0.427. The van der Waals surface area contributed by atoms with Crippen molar-refractivity contribution < 1.29 is 14.3 Å². The summed E-state index contributed by atoms with van der Waals surface area (Å²) in [6.45, 7) is 0. The molecule has 0 aromatic heterocycles. The number of hydrogen-bond acceptors (Lipinski definition) is 5. The number of rotatable bonds is 4. The molecule has 112 valence electrons. The van der Waals surface area contributed by atoms with Crippen molar-refractivity contribution in [3.05, 3.63) is 24.3 Å². The van der Waals surface area contributed by atoms with Gasteiger partial charge in [-0.05, 0) is 12.1 Å². The topological polar surface area (TPSA) is 71.0 Å². The van der Waals surface area contributed by atoms with Crippen LogP contribution in [0.4, 0.5) is 5.69 Å². The highest BCUT2D eigenvalue weighted by molar-refractivity contribution is 8.15. The molecule has 1 aliphatic rings. The Morgan fingerprint density at radius 2 is 2.19 bits per heavy atom. The molecule has 2 amide bonds. The number of amidine groups is 1. The maximum absolute atomic E-state index is 12.1. The van der Waals surface area contributed by atoms with Gasteiger partial charge in [-0.15, -0.1) is 0 Å². The van der Waals surface area contributed by atoms with E-state index in [1.165, 1.54) is 16.7 Å². The predicted molar refractivity (Wildman–Crippen MR) is 83.7 cm³/mol. The number of ether oxygens (including phenoxy) is 1. The quantitative estimate of drug-likeness (QED) is 0.917. The molecule has 1 atom stereocenters. The molecule has 0 saturated carbocycles. The molecule has 0 radical (unpaired) electrons. The van der Waals surface area contributed by atoms with E-state index in [9.17, 15) is 9.59 Å². The van der Waals surface area contributed by atoms with Gasteiger partial charge in [0.25, 0.3) is 0 Å². The van der Waals surface area contributed by atoms with E-state index in [1.54, 1.807) is 33.3 Å². The molecule has 1 saturated heterocycles. The Morgan fingerprint density at radius 3 is 2.81 bits per heavy atom. The van der Waals surface area contributed by atoms with Crippen LogP contribution in [0.5, 0.6) is 5.75 Å². The summed E-state index contributed by atoms with van der Waals surface area (Å²) in [4.78, 5) is 29.6. The molecule has 1 fully saturated rings. The number of nitrogens with one attached hydrogen (secondary N) is 1. The van der Waals surface area contributed by atoms with Gasteiger partial charge in [-0.2, -0.15) is 0 Å². The number of carbonyl (C=O) groups is 2. The Morgan fingerprint density at radius 1 is 1.48 bits per heavy atom. The highest BCUT2D eigenvalue weighted by Gasteiger charge is 2.36. The Kier molecular flexibility index (Phi) is 4.85. The third kappa shape index (κ3) is 3.36. The summed E-state index contributed by atoms with van der Waals surface area (Å²) >= 11 is 1.31. The smallest absolute Gasteiger partial charge is 0.242 e. The SMILES string of the molecule is CN=C1S[C@@H](CC(=O)Nc2ccccc2OC)C(=O)N1C. The molecule has 7 heteroatoms. The third-order valence-electron chi connectivity index (χ3n) is 3.08. The van der Waals surface area contributed by atoms with Gasteiger partial charge < -0.3 is 10.1 Å². The van der Waals surface area contributed by atoms with Gasteiger partial charge in [0, 0.05) is 20.5 Å². The Hall–Kier alpha value is -2.02. The molecular formula is C14H17N3O3S. The molecule has 21 heavy (non-hydrogen) atoms. The van der Waals surface area contributed by atoms with Crippen LogP contribution in [-0.2, 0) is 9.59 Å². The summed E-state index contributed by atoms with van der Waals surface area (Å²) < 4.78 is 5.17. The first-order valence-electron chi connectivity index (χ1n) is 6.40. The minimum absolute atomic E-state index is 0.101. The number of anilines is 1. The van der Waals surface area contributed by atoms with Crippen LogP contribution >= 0.6 is 11.8 Å². The summed E-state index contributed by atoms with van der Waals surface area (Å²) in [7, 11) is 4.83. The predicted octanol–water partition coefficient (Wildman–Crippen LogP) is 1.58. The van der Waals surface area contributed by atoms with E-state index in [0.29, 0.717) is 16.6 Å². The summed E-state index contributed by atoms with van der Waals surface area (Å²) in [5.41, 5.74) is 0.596. The monoisotopic (exact) mass is 307 g/mol. The number of amides is 2. The van der Waals surface area contributed by atoms with E-state index in [0.717, 1.165) is 0 Å². The van der Waals surface area contributed by atoms with Crippen LogP contribution < -0.4 is 10.1 Å². The van der Waals surface area contributed by atoms with Crippen LogP contribution in [0, 0.1) is 0 Å². The average molecular weight is 307 g/mol. The number of para-hydroxylation sites is 2. The van der Waals surface area contributed by atoms with Crippen LogP contribution in [0.15, 0.2) is 29.3 Å². The average Bonchev–Trinajstić information content (AvgIpc) is 2.75. The maximum Gasteiger partial charge on any atom is 0.242 e. The van der Waals surface area contributed by atoms with Gasteiger partial charge in [0.05, 0.1) is 12.8 Å². The number of carbonyl (C=O) groups excluding carboxylic acids is 2. The molecule has 0 unspecified atom stereocenters. The van der Waals surface area contributed by atoms with Crippen molar-refractivity contribution in [2.75, 3.05) is 26.5 Å². The highest BCUT2D eigenvalue weighted by atomic mass is 32.2. The van der Waals surface area contributed by atoms with Crippen molar-refractivity contribution in [3.63, 3.8) is 0 Å². The lowest BCUT2D eigenvalue weighted by Gasteiger charge is -2.11. The zero-order valence-corrected chi connectivity index (χ0v) is 12.9. The van der Waals surface area contributed by atoms with E-state index in [1.807, 2.05) is 12.1 Å². The van der Waals surface area contributed by atoms with Crippen molar-refractivity contribution in [2.24, 2.45) is 4.99 Å². The van der Waals surface area contributed by atoms with Gasteiger partial charge in [-0.1, -0.05) is 23.9 Å². The number of thioether (sulfide) groups is 1. The van der Waals surface area contributed by atoms with Gasteiger partial charge in [-0.3, -0.25) is 19.5 Å². The first kappa shape index (κ1) is 15.4. The summed E-state index contributed by atoms with van der Waals surface area (Å²) in [5, 5.41) is 2.98. The van der Waals surface area contributed by atoms with E-state index in [2.05, 4.69) is 10.3 Å². The summed E-state index contributed by atoms with van der Waals surface area (Å²) in [5.74, 6) is 0.260. The normalized spacial score (nSPS) is 20.0. The molecule has 2 rings (SSSR count). The lowest BCUT2D eigenvalue weighted by atomic mass is 10.2. The molecule has 0 spiro atoms. The molecule has 0 bridgehead atoms. The Bertz CT molecular complexity index is 589. The van der Waals surface area contributed by atoms with Crippen molar-refractivity contribution >= 4 is 34.4 Å². The van der Waals surface area contributed by atoms with E-state index in [-0.39, 0.29) is 18.2 Å². The molecule has 1 heterocycles. The number of nitrogens with zero attached hydrogens (tertiary/aromatic N) is 2. The first-order valence-corrected chi connectivity index (χ1v) is 7.28. The number of benzene rings is 1. The molecule has 1 aromatic rings. The zero-order chi connectivity index (χ0) is 15.4. The van der Waals surface area contributed by atoms with E-state index in [4.69, 9.17) is 4.74 Å². The van der Waals surface area contributed by atoms with Crippen molar-refractivity contribution in [1.29, 1.82) is 0 Å². The summed E-state index contributed by atoms with van der Waals surface area (Å²) in [6.07, 6.45) is 0.102. The lowest BCUT2D eigenvalue weighted by Crippen LogP contribution is -2.30. The van der Waals surface area contributed by atoms with Gasteiger partial charge in [0.2, 0.25) is 11.8 Å². The molecular weight excluding hydrogens is 290 g/mol. The molecule has 1 N–H and O–H groups in total. The van der Waals surface area contributed by atoms with Gasteiger partial charge in [-0.25, -0.2) is 0 Å². The number of hydrogen-bond donors (Lipinski definition) is 1. The second kappa shape index (κ2) is 6.62. The highest BCUT2D eigenvalue weighted by Crippen LogP contribution is 2.29. The molecule has 0 aliphatic carbocycles. The Labute approximate surface area is 127 Å². The fourth-order valence-electron chi connectivity index (χ4n) is 2.02. The third-order valence-corrected chi connectivity index (χ3v) is 4.40. The Balaban J connectivity index is 2.01. The van der Waals surface area contributed by atoms with Crippen LogP contribution in [0.1, 0.15) is 6.42 Å². The standard InChI is InChI=1S/C14H17N3O3S/c1-15-14-17(2)13(19)11(21-14)8-12(18)16-9-6-4-5-7-10(9)20-3/h4-7,11H,8H2,1-3H3,(H,16,18)/t11-/m0/s1. The fraction of sp³-hybridized carbons (Fsp3) is 0.357. The van der Waals surface area contributed by atoms with E-state index >= 15 is 0 Å². The largest absolute Gasteiger partial charge is 0.495 e. The van der Waals surface area contributed by atoms with Crippen molar-refractivity contribution in [2.45, 2.75) is 11.7 Å². The van der Waals surface area contributed by atoms with Crippen LogP contribution in [0.3, 0.4) is 0 Å². The number of aliphatic imine (C=N–C) groups is 1. The summed E-state index contributed by atoms with van der Waals surface area (Å²) in [6, 6.07) is 7.15. The van der Waals surface area contributed by atoms with Crippen molar-refractivity contribution in [3.8, 4) is 5.75 Å². The lowest BCUT2D eigenvalue weighted by molar-refractivity contribution is -0.127. The van der Waals surface area contributed by atoms with Gasteiger partial charge in [0.15, 0.2) is 5.17 Å². The number of methoxy groups -OCH3 is 1. The van der Waals surface area contributed by atoms with Crippen LogP contribution in [0.2, 0.25) is 0 Å². The van der Waals surface area contributed by atoms with Crippen LogP contribution in [0.25, 0.3) is 0 Å². The minimum Gasteiger partial charge on any atom is -0.495 e. The second-order valence-corrected chi connectivity index (χ2v) is 5.63. The van der Waals surface area contributed by atoms with Gasteiger partial charge in [0.1, 0.15) is 11.0 Å². The van der Waals surface area contributed by atoms with Crippen LogP contribution in [-0.4, -0.2) is 48.3 Å². The molecule has 1 aromatic carbocycles. The second-order valence-electron chi connectivity index (χ2n) is 4.46. The fourth-order valence-corrected chi connectivity index (χ4v) is 3.12. The maximum atomic E-state index is 12.1. The first-order chi connectivity index (χ1) is 10.1. The molecule has 6 nitrogen and oxygen atoms in total. The van der Waals surface area contributed by atoms with Crippen molar-refractivity contribution in [1.82, 2.24) is 4.90 Å². The zero-order valence-electron chi connectivity index (χ0n) is 12.1. The van der Waals surface area contributed by atoms with E-state index < -0.39 is 5.25 Å². The van der Waals surface area contributed by atoms with Gasteiger partial charge >= 0.3 is 0 Å². The molecule has 1 aliphatic heterocycles.